The molecule has 5 rings (SSSR count). The number of anilines is 1. The zero-order valence-electron chi connectivity index (χ0n) is 20.5. The topological polar surface area (TPSA) is 84.0 Å². The molecule has 0 radical (unpaired) electrons. The van der Waals surface area contributed by atoms with Crippen molar-refractivity contribution < 1.29 is 21.0 Å². The predicted molar refractivity (Wildman–Crippen MR) is 139 cm³/mol. The molecule has 2 aliphatic heterocycles. The van der Waals surface area contributed by atoms with Gasteiger partial charge in [0.25, 0.3) is 10.0 Å². The Balaban J connectivity index is 1.87. The summed E-state index contributed by atoms with van der Waals surface area (Å²) in [7, 11) is -8.57. The highest BCUT2D eigenvalue weighted by Crippen LogP contribution is 2.53. The van der Waals surface area contributed by atoms with Gasteiger partial charge in [0, 0.05) is 5.56 Å². The molecule has 2 heterocycles. The second-order valence-electron chi connectivity index (χ2n) is 10.1. The van der Waals surface area contributed by atoms with E-state index in [1.165, 1.54) is 22.5 Å². The molecule has 9 heteroatoms. The summed E-state index contributed by atoms with van der Waals surface area (Å²) in [5.41, 5.74) is 2.92. The van der Waals surface area contributed by atoms with E-state index in [9.17, 15) is 16.8 Å². The van der Waals surface area contributed by atoms with Gasteiger partial charge in [-0.2, -0.15) is 8.42 Å². The van der Waals surface area contributed by atoms with Crippen molar-refractivity contribution >= 4 is 26.0 Å². The van der Waals surface area contributed by atoms with Crippen molar-refractivity contribution in [3.8, 4) is 5.75 Å². The van der Waals surface area contributed by atoms with Crippen molar-refractivity contribution in [1.82, 2.24) is 4.31 Å². The van der Waals surface area contributed by atoms with E-state index in [1.54, 1.807) is 42.5 Å². The highest BCUT2D eigenvalue weighted by molar-refractivity contribution is 7.93. The van der Waals surface area contributed by atoms with E-state index in [-0.39, 0.29) is 16.1 Å². The number of benzene rings is 3. The van der Waals surface area contributed by atoms with E-state index >= 15 is 0 Å². The number of sulfonamides is 1. The Labute approximate surface area is 212 Å². The fourth-order valence-corrected chi connectivity index (χ4v) is 7.82. The summed E-state index contributed by atoms with van der Waals surface area (Å²) in [6, 6.07) is 17.8. The van der Waals surface area contributed by atoms with Gasteiger partial charge in [-0.25, -0.2) is 12.7 Å². The van der Waals surface area contributed by atoms with Crippen LogP contribution in [0.4, 0.5) is 5.69 Å². The second-order valence-corrected chi connectivity index (χ2v) is 13.4. The summed E-state index contributed by atoms with van der Waals surface area (Å²) < 4.78 is 63.4. The standard InChI is InChI=1S/C27H28N2O5S2/c1-6-23-21-9-7-8-10-24(21)28(35(30,31)20-14-11-18(2)12-15-20)26-22-17-19(27(3,4)5)13-16-25(22)34-36(32,33)29(23)26/h6-17,23,26H,1H2,2-5H3/t23-,26-/m1/s1. The third-order valence-corrected chi connectivity index (χ3v) is 9.75. The summed E-state index contributed by atoms with van der Waals surface area (Å²) >= 11 is 0. The number of para-hydroxylation sites is 1. The van der Waals surface area contributed by atoms with Gasteiger partial charge in [-0.1, -0.05) is 68.8 Å². The van der Waals surface area contributed by atoms with Gasteiger partial charge in [-0.15, -0.1) is 10.9 Å². The van der Waals surface area contributed by atoms with E-state index < -0.39 is 32.5 Å². The number of fused-ring (bicyclic) bond motifs is 4. The molecule has 2 atom stereocenters. The fourth-order valence-electron chi connectivity index (χ4n) is 4.75. The summed E-state index contributed by atoms with van der Waals surface area (Å²) in [5, 5.41) is 0. The Morgan fingerprint density at radius 3 is 2.28 bits per heavy atom. The Morgan fingerprint density at radius 2 is 1.64 bits per heavy atom. The average molecular weight is 525 g/mol. The van der Waals surface area contributed by atoms with Crippen LogP contribution < -0.4 is 8.49 Å². The zero-order chi connectivity index (χ0) is 26.0. The minimum absolute atomic E-state index is 0.0670. The summed E-state index contributed by atoms with van der Waals surface area (Å²) in [5.74, 6) is 0.107. The normalized spacial score (nSPS) is 21.1. The number of rotatable bonds is 3. The van der Waals surface area contributed by atoms with Crippen molar-refractivity contribution in [2.45, 2.75) is 50.2 Å². The largest absolute Gasteiger partial charge is 0.388 e. The van der Waals surface area contributed by atoms with Crippen molar-refractivity contribution in [3.63, 3.8) is 0 Å². The van der Waals surface area contributed by atoms with Gasteiger partial charge in [0.2, 0.25) is 0 Å². The molecule has 36 heavy (non-hydrogen) atoms. The van der Waals surface area contributed by atoms with Crippen LogP contribution in [0, 0.1) is 6.92 Å². The molecule has 188 valence electrons. The molecule has 3 aromatic rings. The monoisotopic (exact) mass is 524 g/mol. The molecule has 0 saturated heterocycles. The van der Waals surface area contributed by atoms with Gasteiger partial charge < -0.3 is 4.18 Å². The van der Waals surface area contributed by atoms with Crippen LogP contribution in [0.25, 0.3) is 0 Å². The molecular formula is C27H28N2O5S2. The Bertz CT molecular complexity index is 1570. The number of hydrogen-bond donors (Lipinski definition) is 0. The number of hydrogen-bond acceptors (Lipinski definition) is 5. The number of aryl methyl sites for hydroxylation is 1. The van der Waals surface area contributed by atoms with Crippen LogP contribution >= 0.6 is 0 Å². The molecule has 0 N–H and O–H groups in total. The van der Waals surface area contributed by atoms with Crippen LogP contribution in [-0.4, -0.2) is 21.1 Å². The van der Waals surface area contributed by atoms with Gasteiger partial charge >= 0.3 is 10.3 Å². The van der Waals surface area contributed by atoms with Crippen LogP contribution in [0.1, 0.15) is 55.2 Å². The first kappa shape index (κ1) is 24.5. The Hall–Kier alpha value is -3.14. The highest BCUT2D eigenvalue weighted by Gasteiger charge is 2.53. The van der Waals surface area contributed by atoms with Crippen LogP contribution in [0.15, 0.2) is 84.3 Å². The summed E-state index contributed by atoms with van der Waals surface area (Å²) in [6.07, 6.45) is 0.298. The predicted octanol–water partition coefficient (Wildman–Crippen LogP) is 5.37. The molecular weight excluding hydrogens is 496 g/mol. The molecule has 0 spiro atoms. The van der Waals surface area contributed by atoms with Gasteiger partial charge in [-0.3, -0.25) is 0 Å². The maximum atomic E-state index is 14.3. The van der Waals surface area contributed by atoms with Gasteiger partial charge in [0.05, 0.1) is 16.6 Å². The van der Waals surface area contributed by atoms with Gasteiger partial charge in [0.1, 0.15) is 6.17 Å². The fraction of sp³-hybridized carbons (Fsp3) is 0.259. The van der Waals surface area contributed by atoms with E-state index in [4.69, 9.17) is 4.18 Å². The lowest BCUT2D eigenvalue weighted by Gasteiger charge is -2.49. The minimum Gasteiger partial charge on any atom is -0.370 e. The van der Waals surface area contributed by atoms with E-state index in [1.807, 2.05) is 39.8 Å². The van der Waals surface area contributed by atoms with Gasteiger partial charge in [-0.05, 0) is 53.8 Å². The molecule has 0 amide bonds. The quantitative estimate of drug-likeness (QED) is 0.431. The molecule has 0 bridgehead atoms. The summed E-state index contributed by atoms with van der Waals surface area (Å²) in [6.45, 7) is 11.9. The molecule has 0 aromatic heterocycles. The highest BCUT2D eigenvalue weighted by atomic mass is 32.2. The lowest BCUT2D eigenvalue weighted by Crippen LogP contribution is -2.55. The maximum absolute atomic E-state index is 14.3. The molecule has 0 aliphatic carbocycles. The molecule has 2 aliphatic rings. The van der Waals surface area contributed by atoms with Crippen molar-refractivity contribution in [2.75, 3.05) is 4.31 Å². The zero-order valence-corrected chi connectivity index (χ0v) is 22.2. The van der Waals surface area contributed by atoms with Crippen LogP contribution in [0.5, 0.6) is 5.75 Å². The van der Waals surface area contributed by atoms with Gasteiger partial charge in [0.15, 0.2) is 5.75 Å². The lowest BCUT2D eigenvalue weighted by atomic mass is 9.85. The first-order chi connectivity index (χ1) is 16.9. The molecule has 3 aromatic carbocycles. The van der Waals surface area contributed by atoms with Crippen molar-refractivity contribution in [2.24, 2.45) is 0 Å². The SMILES string of the molecule is C=C[C@@H]1c2ccccc2N(S(=O)(=O)c2ccc(C)cc2)[C@H]2c3cc(C(C)(C)C)ccc3OS(=O)(=O)N12. The Morgan fingerprint density at radius 1 is 0.972 bits per heavy atom. The molecule has 0 fully saturated rings. The molecule has 0 saturated carbocycles. The lowest BCUT2D eigenvalue weighted by molar-refractivity contribution is 0.232. The van der Waals surface area contributed by atoms with E-state index in [0.717, 1.165) is 15.4 Å². The van der Waals surface area contributed by atoms with Crippen LogP contribution in [0.3, 0.4) is 0 Å². The van der Waals surface area contributed by atoms with Crippen molar-refractivity contribution in [3.05, 3.63) is 102 Å². The minimum atomic E-state index is -4.38. The smallest absolute Gasteiger partial charge is 0.370 e. The third-order valence-electron chi connectivity index (χ3n) is 6.64. The average Bonchev–Trinajstić information content (AvgIpc) is 2.81. The number of nitrogens with zero attached hydrogens (tertiary/aromatic N) is 2. The second kappa shape index (κ2) is 8.19. The van der Waals surface area contributed by atoms with E-state index in [0.29, 0.717) is 16.8 Å². The van der Waals surface area contributed by atoms with Crippen LogP contribution in [-0.2, 0) is 25.7 Å². The molecule has 7 nitrogen and oxygen atoms in total. The first-order valence-corrected chi connectivity index (χ1v) is 14.4. The molecule has 0 unspecified atom stereocenters. The Kier molecular flexibility index (Phi) is 5.59. The maximum Gasteiger partial charge on any atom is 0.388 e. The van der Waals surface area contributed by atoms with Crippen molar-refractivity contribution in [1.29, 1.82) is 0 Å². The first-order valence-electron chi connectivity index (χ1n) is 11.6. The summed E-state index contributed by atoms with van der Waals surface area (Å²) in [4.78, 5) is 0.0670. The van der Waals surface area contributed by atoms with Crippen LogP contribution in [0.2, 0.25) is 0 Å². The third kappa shape index (κ3) is 3.73. The van der Waals surface area contributed by atoms with E-state index in [2.05, 4.69) is 6.58 Å².